The van der Waals surface area contributed by atoms with E-state index in [9.17, 15) is 4.39 Å². The van der Waals surface area contributed by atoms with Crippen LogP contribution in [0.3, 0.4) is 0 Å². The molecule has 0 saturated carbocycles. The SMILES string of the molecule is CN1CCCC1C#Cc1cc2ncnc(Nc3ccc(OCc4cccc(F)c4)c(Cl)c3)c2s1.COCOC(C)(C)C. The molecule has 0 amide bonds. The third-order valence-electron chi connectivity index (χ3n) is 6.28. The van der Waals surface area contributed by atoms with Crippen LogP contribution in [0, 0.1) is 17.7 Å². The number of ether oxygens (including phenoxy) is 3. The molecule has 0 radical (unpaired) electrons. The maximum absolute atomic E-state index is 13.4. The molecular weight excluding hydrogens is 575 g/mol. The van der Waals surface area contributed by atoms with Gasteiger partial charge in [-0.15, -0.1) is 11.3 Å². The van der Waals surface area contributed by atoms with Crippen molar-refractivity contribution in [3.8, 4) is 17.6 Å². The zero-order valence-corrected chi connectivity index (χ0v) is 26.1. The number of hydrogen-bond donors (Lipinski definition) is 1. The molecule has 1 unspecified atom stereocenters. The smallest absolute Gasteiger partial charge is 0.151 e. The van der Waals surface area contributed by atoms with Gasteiger partial charge in [-0.1, -0.05) is 35.6 Å². The molecule has 1 aliphatic rings. The van der Waals surface area contributed by atoms with E-state index < -0.39 is 0 Å². The van der Waals surface area contributed by atoms with Crippen LogP contribution >= 0.6 is 22.9 Å². The number of nitrogens with one attached hydrogen (secondary N) is 1. The van der Waals surface area contributed by atoms with E-state index in [0.717, 1.165) is 39.3 Å². The van der Waals surface area contributed by atoms with Crippen molar-refractivity contribution in [3.63, 3.8) is 0 Å². The molecule has 1 atom stereocenters. The summed E-state index contributed by atoms with van der Waals surface area (Å²) in [5, 5.41) is 3.78. The maximum Gasteiger partial charge on any atom is 0.151 e. The highest BCUT2D eigenvalue weighted by molar-refractivity contribution is 7.20. The van der Waals surface area contributed by atoms with Crippen LogP contribution < -0.4 is 10.1 Å². The Labute approximate surface area is 256 Å². The number of nitrogens with zero attached hydrogens (tertiary/aromatic N) is 3. The largest absolute Gasteiger partial charge is 0.487 e. The molecular formula is C32H36ClFN4O3S. The van der Waals surface area contributed by atoms with Gasteiger partial charge in [0.1, 0.15) is 31.3 Å². The fraction of sp³-hybridized carbons (Fsp3) is 0.375. The number of aromatic nitrogens is 2. The van der Waals surface area contributed by atoms with E-state index >= 15 is 0 Å². The molecule has 2 aromatic carbocycles. The van der Waals surface area contributed by atoms with Gasteiger partial charge in [0.05, 0.1) is 31.8 Å². The first kappa shape index (κ1) is 31.7. The van der Waals surface area contributed by atoms with Gasteiger partial charge >= 0.3 is 0 Å². The minimum Gasteiger partial charge on any atom is -0.487 e. The predicted octanol–water partition coefficient (Wildman–Crippen LogP) is 7.66. The molecule has 0 spiro atoms. The Morgan fingerprint density at radius 3 is 2.67 bits per heavy atom. The van der Waals surface area contributed by atoms with E-state index in [1.807, 2.05) is 32.9 Å². The molecule has 0 bridgehead atoms. The summed E-state index contributed by atoms with van der Waals surface area (Å²) < 4.78 is 29.9. The molecule has 0 aliphatic carbocycles. The second-order valence-corrected chi connectivity index (χ2v) is 12.3. The molecule has 2 aromatic heterocycles. The van der Waals surface area contributed by atoms with Gasteiger partial charge < -0.3 is 19.5 Å². The molecule has 1 fully saturated rings. The number of methoxy groups -OCH3 is 1. The van der Waals surface area contributed by atoms with E-state index in [-0.39, 0.29) is 18.0 Å². The van der Waals surface area contributed by atoms with Crippen LogP contribution in [-0.2, 0) is 16.1 Å². The fourth-order valence-corrected chi connectivity index (χ4v) is 5.26. The lowest BCUT2D eigenvalue weighted by molar-refractivity contribution is -0.105. The number of likely N-dealkylation sites (tertiary alicyclic amines) is 1. The summed E-state index contributed by atoms with van der Waals surface area (Å²) in [6.07, 6.45) is 3.85. The van der Waals surface area contributed by atoms with Crippen molar-refractivity contribution < 1.29 is 18.6 Å². The van der Waals surface area contributed by atoms with Crippen LogP contribution in [-0.4, -0.2) is 54.0 Å². The normalized spacial score (nSPS) is 15.1. The topological polar surface area (TPSA) is 68.7 Å². The van der Waals surface area contributed by atoms with E-state index in [2.05, 4.69) is 39.1 Å². The van der Waals surface area contributed by atoms with Gasteiger partial charge in [-0.3, -0.25) is 4.90 Å². The third-order valence-corrected chi connectivity index (χ3v) is 7.62. The number of hydrogen-bond acceptors (Lipinski definition) is 8. The number of benzene rings is 2. The van der Waals surface area contributed by atoms with Crippen LogP contribution in [0.15, 0.2) is 54.9 Å². The van der Waals surface area contributed by atoms with Crippen molar-refractivity contribution in [2.45, 2.75) is 51.9 Å². The predicted molar refractivity (Wildman–Crippen MR) is 168 cm³/mol. The molecule has 5 rings (SSSR count). The molecule has 42 heavy (non-hydrogen) atoms. The van der Waals surface area contributed by atoms with Crippen molar-refractivity contribution in [3.05, 3.63) is 76.1 Å². The second kappa shape index (κ2) is 14.8. The lowest BCUT2D eigenvalue weighted by Crippen LogP contribution is -2.22. The summed E-state index contributed by atoms with van der Waals surface area (Å²) in [5.41, 5.74) is 2.29. The lowest BCUT2D eigenvalue weighted by Gasteiger charge is -2.17. The molecule has 222 valence electrons. The Hall–Kier alpha value is -3.26. The Morgan fingerprint density at radius 2 is 2.00 bits per heavy atom. The molecule has 4 aromatic rings. The van der Waals surface area contributed by atoms with Crippen molar-refractivity contribution >= 4 is 44.7 Å². The first-order valence-electron chi connectivity index (χ1n) is 13.6. The minimum absolute atomic E-state index is 0.0734. The first-order chi connectivity index (χ1) is 20.1. The quantitative estimate of drug-likeness (QED) is 0.170. The summed E-state index contributed by atoms with van der Waals surface area (Å²) in [5.74, 6) is 7.63. The van der Waals surface area contributed by atoms with Crippen molar-refractivity contribution in [1.29, 1.82) is 0 Å². The van der Waals surface area contributed by atoms with Gasteiger partial charge in [-0.2, -0.15) is 0 Å². The van der Waals surface area contributed by atoms with Crippen LogP contribution in [0.4, 0.5) is 15.9 Å². The van der Waals surface area contributed by atoms with Gasteiger partial charge in [0.2, 0.25) is 0 Å². The maximum atomic E-state index is 13.4. The summed E-state index contributed by atoms with van der Waals surface area (Å²) in [6.45, 7) is 7.68. The highest BCUT2D eigenvalue weighted by Crippen LogP contribution is 2.33. The van der Waals surface area contributed by atoms with E-state index in [4.69, 9.17) is 25.8 Å². The highest BCUT2D eigenvalue weighted by atomic mass is 35.5. The van der Waals surface area contributed by atoms with Crippen molar-refractivity contribution in [1.82, 2.24) is 14.9 Å². The van der Waals surface area contributed by atoms with Gasteiger partial charge in [-0.25, -0.2) is 14.4 Å². The van der Waals surface area contributed by atoms with Crippen LogP contribution in [0.25, 0.3) is 10.2 Å². The number of halogens is 2. The molecule has 1 aliphatic heterocycles. The fourth-order valence-electron chi connectivity index (χ4n) is 4.11. The van der Waals surface area contributed by atoms with Crippen LogP contribution in [0.2, 0.25) is 5.02 Å². The van der Waals surface area contributed by atoms with E-state index in [1.165, 1.54) is 24.9 Å². The first-order valence-corrected chi connectivity index (χ1v) is 14.8. The van der Waals surface area contributed by atoms with Crippen LogP contribution in [0.5, 0.6) is 5.75 Å². The summed E-state index contributed by atoms with van der Waals surface area (Å²) >= 11 is 8.01. The van der Waals surface area contributed by atoms with E-state index in [1.54, 1.807) is 42.7 Å². The Bertz CT molecular complexity index is 1550. The average molecular weight is 611 g/mol. The number of thiophene rings is 1. The molecule has 7 nitrogen and oxygen atoms in total. The molecule has 1 N–H and O–H groups in total. The van der Waals surface area contributed by atoms with Crippen molar-refractivity contribution in [2.75, 3.05) is 32.8 Å². The third kappa shape index (κ3) is 9.38. The summed E-state index contributed by atoms with van der Waals surface area (Å²) in [7, 11) is 3.74. The zero-order valence-electron chi connectivity index (χ0n) is 24.5. The average Bonchev–Trinajstić information content (AvgIpc) is 3.56. The summed E-state index contributed by atoms with van der Waals surface area (Å²) in [6, 6.07) is 14.0. The molecule has 3 heterocycles. The number of anilines is 2. The Morgan fingerprint density at radius 1 is 1.17 bits per heavy atom. The Balaban J connectivity index is 0.000000446. The minimum atomic E-state index is -0.295. The lowest BCUT2D eigenvalue weighted by atomic mass is 10.2. The molecule has 10 heteroatoms. The van der Waals surface area contributed by atoms with E-state index in [0.29, 0.717) is 29.4 Å². The zero-order chi connectivity index (χ0) is 30.1. The van der Waals surface area contributed by atoms with Gasteiger partial charge in [0.25, 0.3) is 0 Å². The van der Waals surface area contributed by atoms with Crippen molar-refractivity contribution in [2.24, 2.45) is 0 Å². The highest BCUT2D eigenvalue weighted by Gasteiger charge is 2.18. The molecule has 1 saturated heterocycles. The summed E-state index contributed by atoms with van der Waals surface area (Å²) in [4.78, 5) is 12.1. The monoisotopic (exact) mass is 610 g/mol. The van der Waals surface area contributed by atoms with Gasteiger partial charge in [-0.05, 0) is 89.2 Å². The standard InChI is InChI=1S/C26H22ClFN4OS.C6H14O2/c1-32-11-3-6-20(32)8-9-21-14-23-25(34-21)26(30-16-29-23)31-19-7-10-24(22(27)13-19)33-15-17-4-2-5-18(28)12-17;1-6(2,3)8-5-7-4/h2,4-5,7,10,12-14,16,20H,3,6,11,15H2,1H3,(H,29,30,31);5H2,1-4H3. The van der Waals surface area contributed by atoms with Gasteiger partial charge in [0, 0.05) is 12.8 Å². The number of rotatable bonds is 7. The number of fused-ring (bicyclic) bond motifs is 1. The van der Waals surface area contributed by atoms with Crippen LogP contribution in [0.1, 0.15) is 44.1 Å². The Kier molecular flexibility index (Phi) is 11.1. The second-order valence-electron chi connectivity index (χ2n) is 10.8. The van der Waals surface area contributed by atoms with Gasteiger partial charge in [0.15, 0.2) is 5.82 Å².